The molecule has 0 atom stereocenters. The molecule has 17 heavy (non-hydrogen) atoms. The first-order valence-electron chi connectivity index (χ1n) is 4.33. The van der Waals surface area contributed by atoms with Gasteiger partial charge in [0.2, 0.25) is 0 Å². The Balaban J connectivity index is 2.74. The van der Waals surface area contributed by atoms with Crippen LogP contribution in [0.2, 0.25) is 0 Å². The number of aromatic nitrogens is 3. The van der Waals surface area contributed by atoms with Gasteiger partial charge in [-0.2, -0.15) is 18.3 Å². The first-order valence-corrected chi connectivity index (χ1v) is 4.33. The van der Waals surface area contributed by atoms with Gasteiger partial charge in [0.25, 0.3) is 0 Å². The van der Waals surface area contributed by atoms with Crippen LogP contribution in [0, 0.1) is 0 Å². The number of rotatable bonds is 1. The summed E-state index contributed by atoms with van der Waals surface area (Å²) in [4.78, 5) is 3.71. The summed E-state index contributed by atoms with van der Waals surface area (Å²) in [6.45, 7) is 0. The zero-order chi connectivity index (χ0) is 12.6. The van der Waals surface area contributed by atoms with Gasteiger partial charge in [-0.25, -0.2) is 9.50 Å². The molecule has 0 aromatic carbocycles. The van der Waals surface area contributed by atoms with Crippen LogP contribution in [0.3, 0.4) is 0 Å². The van der Waals surface area contributed by atoms with E-state index < -0.39 is 11.9 Å². The van der Waals surface area contributed by atoms with E-state index in [1.165, 1.54) is 0 Å². The van der Waals surface area contributed by atoms with E-state index in [9.17, 15) is 13.2 Å². The third-order valence-corrected chi connectivity index (χ3v) is 2.08. The van der Waals surface area contributed by atoms with Gasteiger partial charge < -0.3 is 10.9 Å². The van der Waals surface area contributed by atoms with Crippen LogP contribution in [-0.4, -0.2) is 25.6 Å². The maximum Gasteiger partial charge on any atom is 0.433 e. The Morgan fingerprint density at radius 1 is 1.47 bits per heavy atom. The molecule has 0 aliphatic carbocycles. The van der Waals surface area contributed by atoms with E-state index in [1.807, 2.05) is 0 Å². The first kappa shape index (κ1) is 11.2. The van der Waals surface area contributed by atoms with Gasteiger partial charge >= 0.3 is 6.18 Å². The van der Waals surface area contributed by atoms with E-state index in [0.29, 0.717) is 4.52 Å². The van der Waals surface area contributed by atoms with Crippen LogP contribution < -0.4 is 5.73 Å². The zero-order valence-corrected chi connectivity index (χ0v) is 8.18. The van der Waals surface area contributed by atoms with Crippen LogP contribution >= 0.6 is 0 Å². The fourth-order valence-electron chi connectivity index (χ4n) is 1.34. The molecule has 90 valence electrons. The van der Waals surface area contributed by atoms with Crippen molar-refractivity contribution in [3.05, 3.63) is 29.7 Å². The molecule has 0 radical (unpaired) electrons. The number of fused-ring (bicyclic) bond motifs is 1. The molecule has 0 saturated heterocycles. The van der Waals surface area contributed by atoms with Gasteiger partial charge in [-0.05, 0) is 6.07 Å². The number of amidine groups is 1. The van der Waals surface area contributed by atoms with Crippen LogP contribution in [-0.2, 0) is 6.18 Å². The number of halogens is 3. The van der Waals surface area contributed by atoms with Crippen molar-refractivity contribution in [1.29, 1.82) is 0 Å². The lowest BCUT2D eigenvalue weighted by Gasteiger charge is -2.07. The number of hydrogen-bond donors (Lipinski definition) is 2. The summed E-state index contributed by atoms with van der Waals surface area (Å²) in [6.07, 6.45) is -2.53. The Bertz CT molecular complexity index is 588. The topological polar surface area (TPSA) is 88.8 Å². The van der Waals surface area contributed by atoms with E-state index in [1.54, 1.807) is 0 Å². The molecule has 6 nitrogen and oxygen atoms in total. The number of oxime groups is 1. The smallest absolute Gasteiger partial charge is 0.409 e. The maximum atomic E-state index is 12.6. The number of hydrogen-bond acceptors (Lipinski definition) is 4. The van der Waals surface area contributed by atoms with Crippen LogP contribution in [0.5, 0.6) is 0 Å². The second kappa shape index (κ2) is 3.61. The lowest BCUT2D eigenvalue weighted by Crippen LogP contribution is -2.15. The Morgan fingerprint density at radius 3 is 2.76 bits per heavy atom. The highest BCUT2D eigenvalue weighted by molar-refractivity contribution is 6.02. The van der Waals surface area contributed by atoms with E-state index in [-0.39, 0.29) is 17.0 Å². The van der Waals surface area contributed by atoms with E-state index in [0.717, 1.165) is 18.5 Å². The Morgan fingerprint density at radius 2 is 2.18 bits per heavy atom. The van der Waals surface area contributed by atoms with Gasteiger partial charge in [0, 0.05) is 6.20 Å². The van der Waals surface area contributed by atoms with Gasteiger partial charge in [0.1, 0.15) is 5.69 Å². The lowest BCUT2D eigenvalue weighted by atomic mass is 10.3. The van der Waals surface area contributed by atoms with Crippen LogP contribution in [0.15, 0.2) is 23.6 Å². The molecule has 0 aliphatic rings. The molecule has 0 amide bonds. The van der Waals surface area contributed by atoms with Gasteiger partial charge in [0.15, 0.2) is 11.5 Å². The second-order valence-electron chi connectivity index (χ2n) is 3.11. The second-order valence-corrected chi connectivity index (χ2v) is 3.11. The highest BCUT2D eigenvalue weighted by Crippen LogP contribution is 2.29. The monoisotopic (exact) mass is 245 g/mol. The summed E-state index contributed by atoms with van der Waals surface area (Å²) >= 11 is 0. The standard InChI is InChI=1S/C8H6F3N5O/c9-8(10,11)5-1-2-13-7-4(6(12)15-17)3-14-16(5)7/h1-3,17H,(H2,12,15). The van der Waals surface area contributed by atoms with Gasteiger partial charge in [-0.1, -0.05) is 5.16 Å². The predicted molar refractivity (Wildman–Crippen MR) is 50.5 cm³/mol. The molecule has 0 bridgehead atoms. The Labute approximate surface area is 92.2 Å². The molecule has 0 unspecified atom stereocenters. The van der Waals surface area contributed by atoms with Crippen molar-refractivity contribution in [1.82, 2.24) is 14.6 Å². The lowest BCUT2D eigenvalue weighted by molar-refractivity contribution is -0.142. The molecule has 2 aromatic rings. The molecule has 0 aliphatic heterocycles. The summed E-state index contributed by atoms with van der Waals surface area (Å²) in [6, 6.07) is 0.788. The molecular formula is C8H6F3N5O. The van der Waals surface area contributed by atoms with Crippen molar-refractivity contribution in [2.45, 2.75) is 6.18 Å². The third kappa shape index (κ3) is 1.75. The van der Waals surface area contributed by atoms with E-state index in [2.05, 4.69) is 15.2 Å². The first-order chi connectivity index (χ1) is 7.95. The molecular weight excluding hydrogens is 239 g/mol. The van der Waals surface area contributed by atoms with Crippen molar-refractivity contribution in [2.24, 2.45) is 10.9 Å². The molecule has 0 saturated carbocycles. The summed E-state index contributed by atoms with van der Waals surface area (Å²) in [7, 11) is 0. The summed E-state index contributed by atoms with van der Waals surface area (Å²) in [5.74, 6) is -0.355. The van der Waals surface area contributed by atoms with E-state index in [4.69, 9.17) is 10.9 Å². The van der Waals surface area contributed by atoms with Crippen LogP contribution in [0.1, 0.15) is 11.3 Å². The van der Waals surface area contributed by atoms with Crippen LogP contribution in [0.25, 0.3) is 5.65 Å². The molecule has 0 fully saturated rings. The number of nitrogens with two attached hydrogens (primary N) is 1. The van der Waals surface area contributed by atoms with Gasteiger partial charge in [-0.3, -0.25) is 0 Å². The molecule has 3 N–H and O–H groups in total. The molecule has 0 spiro atoms. The minimum absolute atomic E-state index is 0.0265. The fourth-order valence-corrected chi connectivity index (χ4v) is 1.34. The Hall–Kier alpha value is -2.32. The molecule has 9 heteroatoms. The molecule has 2 heterocycles. The predicted octanol–water partition coefficient (Wildman–Crippen LogP) is 0.843. The highest BCUT2D eigenvalue weighted by Gasteiger charge is 2.34. The highest BCUT2D eigenvalue weighted by atomic mass is 19.4. The van der Waals surface area contributed by atoms with Crippen molar-refractivity contribution in [3.8, 4) is 0 Å². The molecule has 2 aromatic heterocycles. The number of nitrogens with zero attached hydrogens (tertiary/aromatic N) is 4. The van der Waals surface area contributed by atoms with Crippen molar-refractivity contribution >= 4 is 11.5 Å². The number of alkyl halides is 3. The normalized spacial score (nSPS) is 13.2. The quantitative estimate of drug-likeness (QED) is 0.337. The third-order valence-electron chi connectivity index (χ3n) is 2.08. The van der Waals surface area contributed by atoms with Crippen LogP contribution in [0.4, 0.5) is 13.2 Å². The summed E-state index contributed by atoms with van der Waals surface area (Å²) in [5.41, 5.74) is 4.20. The Kier molecular flexibility index (Phi) is 2.37. The van der Waals surface area contributed by atoms with Crippen molar-refractivity contribution < 1.29 is 18.4 Å². The maximum absolute atomic E-state index is 12.6. The SMILES string of the molecule is N/C(=N\O)c1cnn2c(C(F)(F)F)ccnc12. The summed E-state index contributed by atoms with van der Waals surface area (Å²) in [5, 5.41) is 14.7. The minimum Gasteiger partial charge on any atom is -0.409 e. The largest absolute Gasteiger partial charge is 0.433 e. The summed E-state index contributed by atoms with van der Waals surface area (Å²) < 4.78 is 38.4. The van der Waals surface area contributed by atoms with E-state index >= 15 is 0 Å². The fraction of sp³-hybridized carbons (Fsp3) is 0.125. The molecule has 2 rings (SSSR count). The minimum atomic E-state index is -4.56. The van der Waals surface area contributed by atoms with Crippen molar-refractivity contribution in [3.63, 3.8) is 0 Å². The van der Waals surface area contributed by atoms with Gasteiger partial charge in [0.05, 0.1) is 11.8 Å². The van der Waals surface area contributed by atoms with Gasteiger partial charge in [-0.15, -0.1) is 0 Å². The average Bonchev–Trinajstić information content (AvgIpc) is 2.69. The zero-order valence-electron chi connectivity index (χ0n) is 8.18. The average molecular weight is 245 g/mol. The van der Waals surface area contributed by atoms with Crippen molar-refractivity contribution in [2.75, 3.05) is 0 Å².